The van der Waals surface area contributed by atoms with E-state index in [0.29, 0.717) is 6.04 Å². The molecule has 0 spiro atoms. The minimum absolute atomic E-state index is 0.545. The second-order valence-electron chi connectivity index (χ2n) is 6.31. The van der Waals surface area contributed by atoms with Gasteiger partial charge in [-0.2, -0.15) is 0 Å². The van der Waals surface area contributed by atoms with Crippen LogP contribution < -0.4 is 4.74 Å². The largest absolute Gasteiger partial charge is 0.497 e. The first kappa shape index (κ1) is 14.3. The van der Waals surface area contributed by atoms with Crippen LogP contribution in [0.1, 0.15) is 18.0 Å². The maximum Gasteiger partial charge on any atom is 0.120 e. The smallest absolute Gasteiger partial charge is 0.120 e. The zero-order valence-corrected chi connectivity index (χ0v) is 13.5. The zero-order chi connectivity index (χ0) is 15.6. The van der Waals surface area contributed by atoms with Crippen molar-refractivity contribution in [3.05, 3.63) is 66.4 Å². The minimum atomic E-state index is 0.545. The van der Waals surface area contributed by atoms with Gasteiger partial charge < -0.3 is 9.30 Å². The molecular weight excluding hydrogens is 284 g/mol. The third-order valence-corrected chi connectivity index (χ3v) is 4.82. The quantitative estimate of drug-likeness (QED) is 0.722. The van der Waals surface area contributed by atoms with Gasteiger partial charge in [-0.15, -0.1) is 0 Å². The fraction of sp³-hybridized carbons (Fsp3) is 0.300. The monoisotopic (exact) mass is 306 g/mol. The Balaban J connectivity index is 1.53. The van der Waals surface area contributed by atoms with Gasteiger partial charge in [0, 0.05) is 37.9 Å². The molecule has 1 aliphatic rings. The van der Waals surface area contributed by atoms with Gasteiger partial charge in [0.15, 0.2) is 0 Å². The number of fused-ring (bicyclic) bond motifs is 1. The molecule has 23 heavy (non-hydrogen) atoms. The van der Waals surface area contributed by atoms with Crippen LogP contribution in [0.25, 0.3) is 10.9 Å². The van der Waals surface area contributed by atoms with E-state index in [2.05, 4.69) is 64.2 Å². The maximum atomic E-state index is 5.39. The first-order valence-electron chi connectivity index (χ1n) is 8.24. The van der Waals surface area contributed by atoms with Gasteiger partial charge in [0.25, 0.3) is 0 Å². The molecule has 0 saturated carbocycles. The lowest BCUT2D eigenvalue weighted by Gasteiger charge is -2.18. The number of rotatable bonds is 4. The van der Waals surface area contributed by atoms with Crippen molar-refractivity contribution >= 4 is 10.9 Å². The molecular formula is C20H22N2O. The third kappa shape index (κ3) is 2.84. The number of hydrogen-bond donors (Lipinski definition) is 0. The average Bonchev–Trinajstić information content (AvgIpc) is 3.21. The summed E-state index contributed by atoms with van der Waals surface area (Å²) in [4.78, 5) is 2.55. The van der Waals surface area contributed by atoms with Gasteiger partial charge in [-0.25, -0.2) is 0 Å². The number of ether oxygens (including phenoxy) is 1. The van der Waals surface area contributed by atoms with Crippen LogP contribution in [0, 0.1) is 0 Å². The standard InChI is InChI=1S/C20H22N2O/c1-23-19-8-7-17-9-12-22(20(17)13-19)18-10-11-21(15-18)14-16-5-3-2-4-6-16/h2-9,12-13,18H,10-11,14-15H2,1H3. The fourth-order valence-corrected chi connectivity index (χ4v) is 3.60. The van der Waals surface area contributed by atoms with Crippen LogP contribution >= 0.6 is 0 Å². The normalized spacial score (nSPS) is 18.6. The Morgan fingerprint density at radius 2 is 1.96 bits per heavy atom. The molecule has 4 rings (SSSR count). The predicted molar refractivity (Wildman–Crippen MR) is 93.9 cm³/mol. The van der Waals surface area contributed by atoms with Gasteiger partial charge >= 0.3 is 0 Å². The van der Waals surface area contributed by atoms with Gasteiger partial charge in [-0.05, 0) is 35.6 Å². The van der Waals surface area contributed by atoms with E-state index in [1.807, 2.05) is 6.07 Å². The van der Waals surface area contributed by atoms with E-state index in [4.69, 9.17) is 4.74 Å². The molecule has 1 fully saturated rings. The summed E-state index contributed by atoms with van der Waals surface area (Å²) in [7, 11) is 1.73. The van der Waals surface area contributed by atoms with Crippen molar-refractivity contribution in [1.82, 2.24) is 9.47 Å². The summed E-state index contributed by atoms with van der Waals surface area (Å²) in [5.74, 6) is 0.927. The summed E-state index contributed by atoms with van der Waals surface area (Å²) in [6.45, 7) is 3.30. The highest BCUT2D eigenvalue weighted by atomic mass is 16.5. The Hall–Kier alpha value is -2.26. The van der Waals surface area contributed by atoms with E-state index in [-0.39, 0.29) is 0 Å². The lowest BCUT2D eigenvalue weighted by Crippen LogP contribution is -2.21. The molecule has 0 bridgehead atoms. The number of benzene rings is 2. The molecule has 0 aliphatic carbocycles. The molecule has 3 heteroatoms. The Labute approximate surface area is 137 Å². The van der Waals surface area contributed by atoms with Gasteiger partial charge in [0.05, 0.1) is 12.6 Å². The topological polar surface area (TPSA) is 17.4 Å². The lowest BCUT2D eigenvalue weighted by molar-refractivity contribution is 0.317. The molecule has 0 N–H and O–H groups in total. The zero-order valence-electron chi connectivity index (χ0n) is 13.5. The van der Waals surface area contributed by atoms with Crippen LogP contribution in [-0.4, -0.2) is 29.7 Å². The summed E-state index contributed by atoms with van der Waals surface area (Å²) >= 11 is 0. The summed E-state index contributed by atoms with van der Waals surface area (Å²) in [5.41, 5.74) is 2.67. The highest BCUT2D eigenvalue weighted by molar-refractivity contribution is 5.81. The molecule has 2 aromatic carbocycles. The number of hydrogen-bond acceptors (Lipinski definition) is 2. The molecule has 1 unspecified atom stereocenters. The van der Waals surface area contributed by atoms with E-state index in [0.717, 1.165) is 25.4 Å². The molecule has 0 radical (unpaired) electrons. The fourth-order valence-electron chi connectivity index (χ4n) is 3.60. The number of likely N-dealkylation sites (tertiary alicyclic amines) is 1. The molecule has 1 atom stereocenters. The van der Waals surface area contributed by atoms with Crippen molar-refractivity contribution < 1.29 is 4.74 Å². The third-order valence-electron chi connectivity index (χ3n) is 4.82. The van der Waals surface area contributed by atoms with Crippen molar-refractivity contribution in [2.45, 2.75) is 19.0 Å². The Morgan fingerprint density at radius 1 is 1.09 bits per heavy atom. The summed E-state index contributed by atoms with van der Waals surface area (Å²) in [5, 5.41) is 1.28. The summed E-state index contributed by atoms with van der Waals surface area (Å²) in [6.07, 6.45) is 3.43. The molecule has 118 valence electrons. The number of nitrogens with zero attached hydrogens (tertiary/aromatic N) is 2. The van der Waals surface area contributed by atoms with Crippen LogP contribution in [0.3, 0.4) is 0 Å². The molecule has 0 amide bonds. The van der Waals surface area contributed by atoms with E-state index in [9.17, 15) is 0 Å². The van der Waals surface area contributed by atoms with Gasteiger partial charge in [0.2, 0.25) is 0 Å². The van der Waals surface area contributed by atoms with E-state index < -0.39 is 0 Å². The summed E-state index contributed by atoms with van der Waals surface area (Å²) < 4.78 is 7.81. The molecule has 2 heterocycles. The first-order chi connectivity index (χ1) is 11.3. The first-order valence-corrected chi connectivity index (χ1v) is 8.24. The van der Waals surface area contributed by atoms with E-state index >= 15 is 0 Å². The van der Waals surface area contributed by atoms with E-state index in [1.165, 1.54) is 22.9 Å². The van der Waals surface area contributed by atoms with Crippen molar-refractivity contribution in [1.29, 1.82) is 0 Å². The highest BCUT2D eigenvalue weighted by Crippen LogP contribution is 2.29. The summed E-state index contributed by atoms with van der Waals surface area (Å²) in [6, 6.07) is 19.8. The highest BCUT2D eigenvalue weighted by Gasteiger charge is 2.24. The Kier molecular flexibility index (Phi) is 3.80. The maximum absolute atomic E-state index is 5.39. The number of methoxy groups -OCH3 is 1. The van der Waals surface area contributed by atoms with Gasteiger partial charge in [-0.1, -0.05) is 30.3 Å². The Bertz CT molecular complexity index is 794. The molecule has 3 nitrogen and oxygen atoms in total. The van der Waals surface area contributed by atoms with Crippen LogP contribution in [-0.2, 0) is 6.54 Å². The van der Waals surface area contributed by atoms with Crippen LogP contribution in [0.4, 0.5) is 0 Å². The molecule has 3 aromatic rings. The van der Waals surface area contributed by atoms with Crippen molar-refractivity contribution in [2.24, 2.45) is 0 Å². The van der Waals surface area contributed by atoms with Crippen molar-refractivity contribution in [2.75, 3.05) is 20.2 Å². The SMILES string of the molecule is COc1ccc2ccn(C3CCN(Cc4ccccc4)C3)c2c1. The second kappa shape index (κ2) is 6.09. The van der Waals surface area contributed by atoms with Gasteiger partial charge in [-0.3, -0.25) is 4.90 Å². The van der Waals surface area contributed by atoms with Crippen molar-refractivity contribution in [3.8, 4) is 5.75 Å². The van der Waals surface area contributed by atoms with Crippen molar-refractivity contribution in [3.63, 3.8) is 0 Å². The van der Waals surface area contributed by atoms with Crippen LogP contribution in [0.2, 0.25) is 0 Å². The second-order valence-corrected chi connectivity index (χ2v) is 6.31. The Morgan fingerprint density at radius 3 is 2.78 bits per heavy atom. The molecule has 1 aromatic heterocycles. The average molecular weight is 306 g/mol. The lowest BCUT2D eigenvalue weighted by atomic mass is 10.2. The van der Waals surface area contributed by atoms with Crippen LogP contribution in [0.15, 0.2) is 60.8 Å². The van der Waals surface area contributed by atoms with E-state index in [1.54, 1.807) is 7.11 Å². The predicted octanol–water partition coefficient (Wildman–Crippen LogP) is 4.10. The molecule has 1 aliphatic heterocycles. The number of aromatic nitrogens is 1. The molecule has 1 saturated heterocycles. The minimum Gasteiger partial charge on any atom is -0.497 e. The van der Waals surface area contributed by atoms with Crippen LogP contribution in [0.5, 0.6) is 5.75 Å². The van der Waals surface area contributed by atoms with Gasteiger partial charge in [0.1, 0.15) is 5.75 Å².